The molecule has 2 amide bonds. The number of nitrogens with zero attached hydrogens (tertiary/aromatic N) is 1. The van der Waals surface area contributed by atoms with Crippen LogP contribution < -0.4 is 10.6 Å². The molecule has 3 rings (SSSR count). The van der Waals surface area contributed by atoms with E-state index in [-0.39, 0.29) is 18.8 Å². The number of carbonyl (C=O) groups excluding carboxylic acids is 2. The van der Waals surface area contributed by atoms with E-state index in [1.807, 2.05) is 13.0 Å². The fraction of sp³-hybridized carbons (Fsp3) is 0.771. The molecule has 2 aliphatic heterocycles. The van der Waals surface area contributed by atoms with Crippen LogP contribution in [0, 0.1) is 17.8 Å². The molecule has 2 heterocycles. The summed E-state index contributed by atoms with van der Waals surface area (Å²) in [5.74, 6) is -2.97. The van der Waals surface area contributed by atoms with Gasteiger partial charge in [-0.2, -0.15) is 0 Å². The number of rotatable bonds is 5. The van der Waals surface area contributed by atoms with Crippen molar-refractivity contribution in [2.45, 2.75) is 141 Å². The van der Waals surface area contributed by atoms with Crippen LogP contribution in [0.2, 0.25) is 0 Å². The first-order chi connectivity index (χ1) is 22.3. The van der Waals surface area contributed by atoms with Gasteiger partial charge in [-0.25, -0.2) is 4.79 Å². The summed E-state index contributed by atoms with van der Waals surface area (Å²) in [6.45, 7) is 13.6. The number of aliphatic hydroxyl groups excluding tert-OH is 3. The van der Waals surface area contributed by atoms with Gasteiger partial charge in [0, 0.05) is 24.7 Å². The van der Waals surface area contributed by atoms with Gasteiger partial charge in [0.2, 0.25) is 0 Å². The minimum absolute atomic E-state index is 0.165. The number of urea groups is 1. The van der Waals surface area contributed by atoms with Crippen molar-refractivity contribution in [3.63, 3.8) is 0 Å². The average Bonchev–Trinajstić information content (AvgIpc) is 3.03. The molecule has 14 atom stereocenters. The van der Waals surface area contributed by atoms with Gasteiger partial charge in [0.05, 0.1) is 35.9 Å². The van der Waals surface area contributed by atoms with Crippen LogP contribution in [0.1, 0.15) is 74.7 Å². The second-order valence-corrected chi connectivity index (χ2v) is 14.6. The molecule has 2 saturated heterocycles. The fourth-order valence-electron chi connectivity index (χ4n) is 7.12. The maximum Gasteiger partial charge on any atom is 0.321 e. The number of likely N-dealkylation sites (N-methyl/N-ethyl adjacent to an activating group) is 1. The highest BCUT2D eigenvalue weighted by Gasteiger charge is 2.49. The highest BCUT2D eigenvalue weighted by atomic mass is 16.7. The van der Waals surface area contributed by atoms with Crippen LogP contribution in [0.3, 0.4) is 0 Å². The van der Waals surface area contributed by atoms with Gasteiger partial charge in [-0.15, -0.1) is 0 Å². The van der Waals surface area contributed by atoms with Gasteiger partial charge in [-0.05, 0) is 78.5 Å². The number of cyclic esters (lactones) is 1. The summed E-state index contributed by atoms with van der Waals surface area (Å²) in [6, 6.07) is 7.21. The smallest absolute Gasteiger partial charge is 0.321 e. The first-order valence-corrected chi connectivity index (χ1v) is 17.1. The van der Waals surface area contributed by atoms with E-state index >= 15 is 0 Å². The zero-order valence-corrected chi connectivity index (χ0v) is 29.9. The molecule has 13 nitrogen and oxygen atoms in total. The summed E-state index contributed by atoms with van der Waals surface area (Å²) in [4.78, 5) is 27.9. The summed E-state index contributed by atoms with van der Waals surface area (Å²) >= 11 is 0. The number of carbonyl (C=O) groups is 2. The lowest BCUT2D eigenvalue weighted by Gasteiger charge is -2.47. The predicted octanol–water partition coefficient (Wildman–Crippen LogP) is 2.24. The first kappa shape index (κ1) is 40.1. The third kappa shape index (κ3) is 9.45. The van der Waals surface area contributed by atoms with E-state index in [9.17, 15) is 35.1 Å². The van der Waals surface area contributed by atoms with Crippen LogP contribution in [-0.2, 0) is 19.0 Å². The Morgan fingerprint density at radius 1 is 1.06 bits per heavy atom. The number of hydrogen-bond acceptors (Lipinski definition) is 11. The molecule has 0 saturated carbocycles. The minimum Gasteiger partial charge on any atom is -0.459 e. The molecule has 13 heteroatoms. The van der Waals surface area contributed by atoms with E-state index < -0.39 is 90.0 Å². The molecular formula is C35H59N3O10. The zero-order chi connectivity index (χ0) is 36.1. The van der Waals surface area contributed by atoms with Crippen molar-refractivity contribution in [3.05, 3.63) is 30.3 Å². The quantitative estimate of drug-likeness (QED) is 0.226. The maximum absolute atomic E-state index is 13.4. The van der Waals surface area contributed by atoms with Crippen LogP contribution in [0.25, 0.3) is 0 Å². The number of benzene rings is 1. The van der Waals surface area contributed by atoms with Gasteiger partial charge in [0.15, 0.2) is 6.29 Å². The Morgan fingerprint density at radius 2 is 1.69 bits per heavy atom. The van der Waals surface area contributed by atoms with E-state index in [4.69, 9.17) is 14.2 Å². The predicted molar refractivity (Wildman–Crippen MR) is 180 cm³/mol. The third-order valence-corrected chi connectivity index (χ3v) is 10.2. The molecular weight excluding hydrogens is 622 g/mol. The standard InChI is InChI=1S/C35H59N3O10/c1-10-26-35(8,45)29(41)23(6)36-18-19(2)17-34(7,44)30(21(4)27(39)22(5)31(42)47-26)48-32-28(40)25(16-20(3)46-32)38(9)33(43)37-24-14-12-11-13-15-24/h11-15,19-23,25-30,32,36,39-41,44-45H,10,16-18H2,1-9H3,(H,37,43)/t19-,20-,21+,22-,23-,25+,26-,27+,28-,29-,30-,32+,34-,35-/m1/s1. The van der Waals surface area contributed by atoms with Crippen LogP contribution in [0.15, 0.2) is 30.3 Å². The number of amides is 2. The molecule has 0 radical (unpaired) electrons. The van der Waals surface area contributed by atoms with Crippen molar-refractivity contribution in [2.75, 3.05) is 18.9 Å². The lowest BCUT2D eigenvalue weighted by Crippen LogP contribution is -2.60. The Bertz CT molecular complexity index is 1190. The molecule has 48 heavy (non-hydrogen) atoms. The molecule has 2 aliphatic rings. The lowest BCUT2D eigenvalue weighted by atomic mass is 9.78. The number of hydrogen-bond donors (Lipinski definition) is 7. The van der Waals surface area contributed by atoms with Crippen molar-refractivity contribution in [3.8, 4) is 0 Å². The number of nitrogens with one attached hydrogen (secondary N) is 2. The van der Waals surface area contributed by atoms with E-state index in [1.165, 1.54) is 18.7 Å². The van der Waals surface area contributed by atoms with E-state index in [0.717, 1.165) is 0 Å². The van der Waals surface area contributed by atoms with Crippen molar-refractivity contribution < 1.29 is 49.3 Å². The normalized spacial score (nSPS) is 42.2. The van der Waals surface area contributed by atoms with Crippen molar-refractivity contribution in [1.82, 2.24) is 10.2 Å². The summed E-state index contributed by atoms with van der Waals surface area (Å²) in [5.41, 5.74) is -2.80. The van der Waals surface area contributed by atoms with Crippen LogP contribution >= 0.6 is 0 Å². The molecule has 0 aromatic heterocycles. The Balaban J connectivity index is 1.92. The Hall–Kier alpha value is -2.36. The third-order valence-electron chi connectivity index (χ3n) is 10.2. The van der Waals surface area contributed by atoms with E-state index in [0.29, 0.717) is 18.7 Å². The molecule has 274 valence electrons. The molecule has 1 aromatic rings. The number of ether oxygens (including phenoxy) is 3. The molecule has 7 N–H and O–H groups in total. The number of aliphatic hydroxyl groups is 5. The molecule has 1 aromatic carbocycles. The molecule has 0 unspecified atom stereocenters. The highest BCUT2D eigenvalue weighted by molar-refractivity contribution is 5.89. The Morgan fingerprint density at radius 3 is 2.29 bits per heavy atom. The first-order valence-electron chi connectivity index (χ1n) is 17.1. The number of esters is 1. The Kier molecular flexibility index (Phi) is 13.8. The van der Waals surface area contributed by atoms with Gasteiger partial charge < -0.3 is 55.3 Å². The summed E-state index contributed by atoms with van der Waals surface area (Å²) in [5, 5.41) is 63.5. The van der Waals surface area contributed by atoms with Gasteiger partial charge in [0.1, 0.15) is 23.9 Å². The molecule has 2 fully saturated rings. The Labute approximate surface area is 284 Å². The van der Waals surface area contributed by atoms with Crippen LogP contribution in [0.5, 0.6) is 0 Å². The SMILES string of the molecule is CC[C@H]1OC(=O)[C@H](C)[C@@H](O)[C@H](C)[C@@H](O[C@@H]2O[C@H](C)C[C@H](N(C)C(=O)Nc3ccccc3)[C@H]2O)[C@](C)(O)C[C@@H](C)CN[C@H](C)[C@@H](O)[C@]1(C)O. The summed E-state index contributed by atoms with van der Waals surface area (Å²) < 4.78 is 18.2. The summed E-state index contributed by atoms with van der Waals surface area (Å²) in [6.07, 6.45) is -7.24. The second-order valence-electron chi connectivity index (χ2n) is 14.6. The van der Waals surface area contributed by atoms with Crippen molar-refractivity contribution in [2.24, 2.45) is 17.8 Å². The highest BCUT2D eigenvalue weighted by Crippen LogP contribution is 2.36. The van der Waals surface area contributed by atoms with Crippen molar-refractivity contribution >= 4 is 17.7 Å². The second kappa shape index (κ2) is 16.6. The van der Waals surface area contributed by atoms with Crippen molar-refractivity contribution in [1.29, 1.82) is 0 Å². The molecule has 0 spiro atoms. The minimum atomic E-state index is -1.79. The van der Waals surface area contributed by atoms with E-state index in [1.54, 1.807) is 65.9 Å². The number of anilines is 1. The molecule has 0 bridgehead atoms. The lowest BCUT2D eigenvalue weighted by molar-refractivity contribution is -0.298. The van der Waals surface area contributed by atoms with E-state index in [2.05, 4.69) is 10.6 Å². The zero-order valence-electron chi connectivity index (χ0n) is 29.9. The fourth-order valence-corrected chi connectivity index (χ4v) is 7.12. The van der Waals surface area contributed by atoms with Crippen LogP contribution in [0.4, 0.5) is 10.5 Å². The number of para-hydroxylation sites is 1. The van der Waals surface area contributed by atoms with Crippen LogP contribution in [-0.4, -0.2) is 122 Å². The van der Waals surface area contributed by atoms with Gasteiger partial charge in [-0.3, -0.25) is 4.79 Å². The van der Waals surface area contributed by atoms with Gasteiger partial charge in [-0.1, -0.05) is 39.0 Å². The van der Waals surface area contributed by atoms with Gasteiger partial charge >= 0.3 is 12.0 Å². The monoisotopic (exact) mass is 681 g/mol. The van der Waals surface area contributed by atoms with Gasteiger partial charge in [0.25, 0.3) is 0 Å². The maximum atomic E-state index is 13.4. The average molecular weight is 682 g/mol. The molecule has 0 aliphatic carbocycles. The summed E-state index contributed by atoms with van der Waals surface area (Å²) in [7, 11) is 1.58. The largest absolute Gasteiger partial charge is 0.459 e. The topological polar surface area (TPSA) is 190 Å².